The number of imidazole rings is 1. The molecule has 0 atom stereocenters. The first-order valence-electron chi connectivity index (χ1n) is 11.4. The standard InChI is InChI=1S/C26H23FN4O3.ClH/c27-19-5-1-2-6-22(19)31-16-26(34-25(31)33)12-10-17(11-13-26)24-28-20-9-8-18(15-21(20)29-24)30-14-4-3-7-23(30)32;/h1-9,14-15,17H,10-13,16H2,(H,28,29);1H/t17-,26-;. The van der Waals surface area contributed by atoms with Gasteiger partial charge in [0, 0.05) is 18.2 Å². The predicted molar refractivity (Wildman–Crippen MR) is 133 cm³/mol. The first-order valence-corrected chi connectivity index (χ1v) is 11.4. The molecule has 1 saturated carbocycles. The molecule has 2 aliphatic rings. The van der Waals surface area contributed by atoms with Crippen LogP contribution in [0.25, 0.3) is 16.7 Å². The smallest absolute Gasteiger partial charge is 0.415 e. The highest BCUT2D eigenvalue weighted by Gasteiger charge is 2.48. The van der Waals surface area contributed by atoms with Crippen LogP contribution in [-0.2, 0) is 4.74 Å². The highest BCUT2D eigenvalue weighted by Crippen LogP contribution is 2.44. The number of pyridine rings is 1. The van der Waals surface area contributed by atoms with E-state index in [0.29, 0.717) is 19.4 Å². The Labute approximate surface area is 207 Å². The second-order valence-electron chi connectivity index (χ2n) is 9.10. The first kappa shape index (κ1) is 23.1. The van der Waals surface area contributed by atoms with E-state index in [9.17, 15) is 14.0 Å². The summed E-state index contributed by atoms with van der Waals surface area (Å²) in [6, 6.07) is 17.1. The number of rotatable bonds is 3. The van der Waals surface area contributed by atoms with E-state index >= 15 is 0 Å². The normalized spacial score (nSPS) is 21.8. The lowest BCUT2D eigenvalue weighted by atomic mass is 9.78. The van der Waals surface area contributed by atoms with Gasteiger partial charge in [-0.15, -0.1) is 12.4 Å². The van der Waals surface area contributed by atoms with Crippen LogP contribution >= 0.6 is 12.4 Å². The van der Waals surface area contributed by atoms with Crippen molar-refractivity contribution >= 4 is 35.2 Å². The van der Waals surface area contributed by atoms with Crippen LogP contribution in [0.15, 0.2) is 71.7 Å². The van der Waals surface area contributed by atoms with Crippen molar-refractivity contribution in [3.63, 3.8) is 0 Å². The Balaban J connectivity index is 0.00000253. The van der Waals surface area contributed by atoms with Crippen LogP contribution in [0.5, 0.6) is 0 Å². The number of ether oxygens (including phenoxy) is 1. The number of aromatic amines is 1. The van der Waals surface area contributed by atoms with Crippen molar-refractivity contribution in [3.8, 4) is 5.69 Å². The molecule has 0 radical (unpaired) electrons. The Morgan fingerprint density at radius 1 is 1.03 bits per heavy atom. The maximum absolute atomic E-state index is 14.2. The molecule has 2 fully saturated rings. The van der Waals surface area contributed by atoms with Crippen molar-refractivity contribution in [3.05, 3.63) is 88.9 Å². The van der Waals surface area contributed by atoms with E-state index in [1.54, 1.807) is 35.0 Å². The maximum Gasteiger partial charge on any atom is 0.415 e. The van der Waals surface area contributed by atoms with Crippen molar-refractivity contribution in [1.29, 1.82) is 0 Å². The summed E-state index contributed by atoms with van der Waals surface area (Å²) < 4.78 is 21.6. The summed E-state index contributed by atoms with van der Waals surface area (Å²) >= 11 is 0. The molecule has 180 valence electrons. The van der Waals surface area contributed by atoms with Crippen LogP contribution in [-0.4, -0.2) is 32.8 Å². The molecule has 1 spiro atoms. The summed E-state index contributed by atoms with van der Waals surface area (Å²) in [7, 11) is 0. The monoisotopic (exact) mass is 494 g/mol. The van der Waals surface area contributed by atoms with E-state index < -0.39 is 17.5 Å². The largest absolute Gasteiger partial charge is 0.441 e. The SMILES string of the molecule is Cl.O=C1O[C@]2(CC[C@H](c3nc4cc(-n5ccccc5=O)ccc4[nH]3)CC2)CN1c1ccccc1F. The molecule has 1 aliphatic carbocycles. The van der Waals surface area contributed by atoms with Gasteiger partial charge in [0.15, 0.2) is 0 Å². The number of hydrogen-bond acceptors (Lipinski definition) is 4. The molecule has 4 aromatic rings. The second kappa shape index (κ2) is 8.85. The Morgan fingerprint density at radius 2 is 1.80 bits per heavy atom. The lowest BCUT2D eigenvalue weighted by Crippen LogP contribution is -2.38. The van der Waals surface area contributed by atoms with Gasteiger partial charge < -0.3 is 9.72 Å². The van der Waals surface area contributed by atoms with E-state index in [1.807, 2.05) is 24.3 Å². The third-order valence-electron chi connectivity index (χ3n) is 6.98. The Hall–Kier alpha value is -3.65. The van der Waals surface area contributed by atoms with Crippen molar-refractivity contribution in [1.82, 2.24) is 14.5 Å². The number of benzene rings is 2. The molecule has 3 heterocycles. The minimum Gasteiger partial charge on any atom is -0.441 e. The number of carbonyl (C=O) groups is 1. The van der Waals surface area contributed by atoms with E-state index in [4.69, 9.17) is 9.72 Å². The number of hydrogen-bond donors (Lipinski definition) is 1. The minimum absolute atomic E-state index is 0. The number of amides is 1. The molecular weight excluding hydrogens is 471 g/mol. The summed E-state index contributed by atoms with van der Waals surface area (Å²) in [6.07, 6.45) is 4.25. The zero-order chi connectivity index (χ0) is 23.3. The zero-order valence-corrected chi connectivity index (χ0v) is 19.6. The average Bonchev–Trinajstić information content (AvgIpc) is 3.40. The molecule has 6 rings (SSSR count). The van der Waals surface area contributed by atoms with Gasteiger partial charge in [-0.25, -0.2) is 14.2 Å². The molecule has 0 bridgehead atoms. The van der Waals surface area contributed by atoms with E-state index in [2.05, 4.69) is 4.98 Å². The Morgan fingerprint density at radius 3 is 2.57 bits per heavy atom. The summed E-state index contributed by atoms with van der Waals surface area (Å²) in [6.45, 7) is 0.356. The van der Waals surface area contributed by atoms with Gasteiger partial charge >= 0.3 is 6.09 Å². The first-order chi connectivity index (χ1) is 16.5. The van der Waals surface area contributed by atoms with Gasteiger partial charge in [0.25, 0.3) is 5.56 Å². The molecule has 1 amide bonds. The van der Waals surface area contributed by atoms with Gasteiger partial charge in [0.1, 0.15) is 17.2 Å². The fourth-order valence-electron chi connectivity index (χ4n) is 5.15. The number of H-pyrrole nitrogens is 1. The number of nitrogens with one attached hydrogen (secondary N) is 1. The minimum atomic E-state index is -0.594. The average molecular weight is 495 g/mol. The van der Waals surface area contributed by atoms with Gasteiger partial charge in [0.05, 0.1) is 29.0 Å². The van der Waals surface area contributed by atoms with Crippen LogP contribution in [0.1, 0.15) is 37.4 Å². The van der Waals surface area contributed by atoms with Crippen molar-refractivity contribution in [2.24, 2.45) is 0 Å². The third kappa shape index (κ3) is 4.08. The fraction of sp³-hybridized carbons (Fsp3) is 0.269. The van der Waals surface area contributed by atoms with Crippen molar-refractivity contribution < 1.29 is 13.9 Å². The van der Waals surface area contributed by atoms with Gasteiger partial charge in [-0.3, -0.25) is 14.3 Å². The van der Waals surface area contributed by atoms with Crippen LogP contribution < -0.4 is 10.5 Å². The Bertz CT molecular complexity index is 1460. The van der Waals surface area contributed by atoms with Gasteiger partial charge in [-0.05, 0) is 62.1 Å². The van der Waals surface area contributed by atoms with E-state index in [0.717, 1.165) is 35.4 Å². The molecule has 1 saturated heterocycles. The number of carbonyl (C=O) groups excluding carboxylic acids is 1. The molecule has 2 aromatic carbocycles. The van der Waals surface area contributed by atoms with Crippen molar-refractivity contribution in [2.75, 3.05) is 11.4 Å². The summed E-state index contributed by atoms with van der Waals surface area (Å²) in [4.78, 5) is 34.3. The maximum atomic E-state index is 14.2. The quantitative estimate of drug-likeness (QED) is 0.417. The molecule has 0 unspecified atom stereocenters. The number of halogens is 2. The zero-order valence-electron chi connectivity index (χ0n) is 18.8. The number of fused-ring (bicyclic) bond motifs is 1. The molecule has 9 heteroatoms. The second-order valence-corrected chi connectivity index (χ2v) is 9.10. The van der Waals surface area contributed by atoms with Crippen LogP contribution in [0, 0.1) is 5.82 Å². The Kier molecular flexibility index (Phi) is 5.84. The van der Waals surface area contributed by atoms with Gasteiger partial charge in [-0.2, -0.15) is 0 Å². The molecular formula is C26H24ClFN4O3. The molecule has 35 heavy (non-hydrogen) atoms. The highest BCUT2D eigenvalue weighted by molar-refractivity contribution is 5.90. The third-order valence-corrected chi connectivity index (χ3v) is 6.98. The van der Waals surface area contributed by atoms with Crippen LogP contribution in [0.4, 0.5) is 14.9 Å². The number of para-hydroxylation sites is 1. The topological polar surface area (TPSA) is 80.2 Å². The van der Waals surface area contributed by atoms with Crippen molar-refractivity contribution in [2.45, 2.75) is 37.2 Å². The lowest BCUT2D eigenvalue weighted by Gasteiger charge is -2.34. The summed E-state index contributed by atoms with van der Waals surface area (Å²) in [5.41, 5.74) is 2.07. The molecule has 2 aromatic heterocycles. The molecule has 1 N–H and O–H groups in total. The lowest BCUT2D eigenvalue weighted by molar-refractivity contribution is 0.0208. The molecule has 7 nitrogen and oxygen atoms in total. The van der Waals surface area contributed by atoms with Crippen LogP contribution in [0.2, 0.25) is 0 Å². The predicted octanol–water partition coefficient (Wildman–Crippen LogP) is 5.33. The highest BCUT2D eigenvalue weighted by atomic mass is 35.5. The van der Waals surface area contributed by atoms with Gasteiger partial charge in [0.2, 0.25) is 0 Å². The van der Waals surface area contributed by atoms with E-state index in [1.165, 1.54) is 17.0 Å². The molecule has 1 aliphatic heterocycles. The van der Waals surface area contributed by atoms with Gasteiger partial charge in [-0.1, -0.05) is 18.2 Å². The summed E-state index contributed by atoms with van der Waals surface area (Å²) in [5.74, 6) is 0.685. The summed E-state index contributed by atoms with van der Waals surface area (Å²) in [5, 5.41) is 0. The number of aromatic nitrogens is 3. The fourth-order valence-corrected chi connectivity index (χ4v) is 5.15. The number of nitrogens with zero attached hydrogens (tertiary/aromatic N) is 3. The van der Waals surface area contributed by atoms with E-state index in [-0.39, 0.29) is 29.6 Å². The van der Waals surface area contributed by atoms with Crippen LogP contribution in [0.3, 0.4) is 0 Å². The number of anilines is 1.